The van der Waals surface area contributed by atoms with Crippen molar-refractivity contribution in [3.05, 3.63) is 212 Å². The Hall–Kier alpha value is -7.88. The maximum absolute atomic E-state index is 7.03. The van der Waals surface area contributed by atoms with Gasteiger partial charge in [-0.05, 0) is 116 Å². The molecule has 2 heterocycles. The van der Waals surface area contributed by atoms with Crippen LogP contribution in [0.15, 0.2) is 221 Å². The van der Waals surface area contributed by atoms with Gasteiger partial charge in [0.1, 0.15) is 22.3 Å². The summed E-state index contributed by atoms with van der Waals surface area (Å²) in [7, 11) is 0. The highest BCUT2D eigenvalue weighted by Crippen LogP contribution is 2.48. The Morgan fingerprint density at radius 3 is 1.54 bits per heavy atom. The third-order valence-corrected chi connectivity index (χ3v) is 11.9. The maximum atomic E-state index is 7.03. The van der Waals surface area contributed by atoms with Gasteiger partial charge in [-0.2, -0.15) is 0 Å². The van der Waals surface area contributed by atoms with Crippen molar-refractivity contribution in [2.45, 2.75) is 0 Å². The number of anilines is 3. The van der Waals surface area contributed by atoms with Crippen molar-refractivity contribution < 1.29 is 8.83 Å². The van der Waals surface area contributed by atoms with E-state index in [9.17, 15) is 0 Å². The third-order valence-electron chi connectivity index (χ3n) is 11.9. The molecule has 0 saturated heterocycles. The lowest BCUT2D eigenvalue weighted by Crippen LogP contribution is -2.09. The zero-order chi connectivity index (χ0) is 38.9. The lowest BCUT2D eigenvalue weighted by molar-refractivity contribution is 0.663. The molecule has 0 unspecified atom stereocenters. The zero-order valence-electron chi connectivity index (χ0n) is 32.0. The molecule has 3 heteroatoms. The van der Waals surface area contributed by atoms with Gasteiger partial charge in [-0.1, -0.05) is 146 Å². The second-order valence-corrected chi connectivity index (χ2v) is 15.2. The lowest BCUT2D eigenvalue weighted by atomic mass is 9.87. The molecule has 12 rings (SSSR count). The first-order valence-corrected chi connectivity index (χ1v) is 20.1. The molecular weight excluding hydrogens is 719 g/mol. The second kappa shape index (κ2) is 13.4. The number of hydrogen-bond donors (Lipinski definition) is 0. The van der Waals surface area contributed by atoms with Gasteiger partial charge >= 0.3 is 0 Å². The number of para-hydroxylation sites is 3. The van der Waals surface area contributed by atoms with Crippen LogP contribution in [0.2, 0.25) is 0 Å². The molecule has 12 aromatic rings. The first-order valence-electron chi connectivity index (χ1n) is 20.1. The van der Waals surface area contributed by atoms with E-state index < -0.39 is 0 Å². The van der Waals surface area contributed by atoms with Gasteiger partial charge < -0.3 is 13.7 Å². The van der Waals surface area contributed by atoms with Crippen LogP contribution in [0.4, 0.5) is 17.1 Å². The van der Waals surface area contributed by atoms with E-state index in [1.165, 1.54) is 21.5 Å². The van der Waals surface area contributed by atoms with E-state index >= 15 is 0 Å². The fraction of sp³-hybridized carbons (Fsp3) is 0. The summed E-state index contributed by atoms with van der Waals surface area (Å²) in [5.41, 5.74) is 13.6. The Morgan fingerprint density at radius 1 is 0.305 bits per heavy atom. The number of furan rings is 2. The van der Waals surface area contributed by atoms with Crippen LogP contribution in [0.1, 0.15) is 0 Å². The summed E-state index contributed by atoms with van der Waals surface area (Å²) >= 11 is 0. The monoisotopic (exact) mass is 753 g/mol. The van der Waals surface area contributed by atoms with Crippen LogP contribution in [-0.4, -0.2) is 0 Å². The third kappa shape index (κ3) is 5.36. The van der Waals surface area contributed by atoms with Gasteiger partial charge in [0.15, 0.2) is 0 Å². The van der Waals surface area contributed by atoms with E-state index in [1.807, 2.05) is 18.2 Å². The smallest absolute Gasteiger partial charge is 0.143 e. The van der Waals surface area contributed by atoms with Crippen LogP contribution in [0.3, 0.4) is 0 Å². The Labute approximate surface area is 340 Å². The molecule has 10 aromatic carbocycles. The quantitative estimate of drug-likeness (QED) is 0.158. The number of benzene rings is 10. The molecule has 59 heavy (non-hydrogen) atoms. The highest BCUT2D eigenvalue weighted by Gasteiger charge is 2.23. The van der Waals surface area contributed by atoms with Crippen LogP contribution >= 0.6 is 0 Å². The maximum Gasteiger partial charge on any atom is 0.143 e. The summed E-state index contributed by atoms with van der Waals surface area (Å²) in [6.07, 6.45) is 0. The summed E-state index contributed by atoms with van der Waals surface area (Å²) in [5, 5.41) is 9.18. The van der Waals surface area contributed by atoms with E-state index in [4.69, 9.17) is 8.83 Å². The molecule has 0 bridgehead atoms. The van der Waals surface area contributed by atoms with Gasteiger partial charge in [-0.25, -0.2) is 0 Å². The van der Waals surface area contributed by atoms with Crippen LogP contribution in [0.5, 0.6) is 0 Å². The summed E-state index contributed by atoms with van der Waals surface area (Å²) in [5.74, 6) is 0. The summed E-state index contributed by atoms with van der Waals surface area (Å²) in [6, 6.07) is 75.6. The summed E-state index contributed by atoms with van der Waals surface area (Å²) in [6.45, 7) is 0. The van der Waals surface area contributed by atoms with Crippen molar-refractivity contribution in [3.8, 4) is 33.4 Å². The molecule has 0 N–H and O–H groups in total. The number of rotatable bonds is 6. The Balaban J connectivity index is 1.03. The van der Waals surface area contributed by atoms with Gasteiger partial charge in [0.25, 0.3) is 0 Å². The van der Waals surface area contributed by atoms with Crippen molar-refractivity contribution in [3.63, 3.8) is 0 Å². The molecule has 0 spiro atoms. The first kappa shape index (κ1) is 33.3. The van der Waals surface area contributed by atoms with Gasteiger partial charge in [0.2, 0.25) is 0 Å². The van der Waals surface area contributed by atoms with E-state index in [0.29, 0.717) is 0 Å². The predicted molar refractivity (Wildman–Crippen MR) is 247 cm³/mol. The van der Waals surface area contributed by atoms with Crippen molar-refractivity contribution in [1.29, 1.82) is 0 Å². The molecule has 0 aliphatic carbocycles. The van der Waals surface area contributed by atoms with E-state index in [1.54, 1.807) is 0 Å². The van der Waals surface area contributed by atoms with Gasteiger partial charge in [0.05, 0.1) is 0 Å². The van der Waals surface area contributed by atoms with E-state index in [2.05, 4.69) is 199 Å². The van der Waals surface area contributed by atoms with Gasteiger partial charge in [-0.3, -0.25) is 0 Å². The van der Waals surface area contributed by atoms with Crippen molar-refractivity contribution >= 4 is 82.5 Å². The van der Waals surface area contributed by atoms with Crippen molar-refractivity contribution in [2.75, 3.05) is 4.90 Å². The molecular formula is C56H35NO2. The van der Waals surface area contributed by atoms with Crippen LogP contribution in [0, 0.1) is 0 Å². The molecule has 3 nitrogen and oxygen atoms in total. The summed E-state index contributed by atoms with van der Waals surface area (Å²) in [4.78, 5) is 2.29. The fourth-order valence-electron chi connectivity index (χ4n) is 9.16. The lowest BCUT2D eigenvalue weighted by Gasteiger charge is -2.25. The van der Waals surface area contributed by atoms with E-state index in [-0.39, 0.29) is 0 Å². The number of fused-ring (bicyclic) bond motifs is 10. The standard InChI is InChI=1S/C56H35NO2/c1-3-14-40(15-4-1)57(41-16-5-2-6-17-41)42-29-27-37(28-30-42)36-23-25-38(26-24-36)44-31-32-48-55-52(34-33-51-54(55)47-21-11-12-22-50(47)58-51)59-56(48)53(44)49-35-39-13-7-8-18-43(39)45-19-9-10-20-46(45)49/h1-35H. The molecule has 0 amide bonds. The summed E-state index contributed by atoms with van der Waals surface area (Å²) < 4.78 is 13.4. The van der Waals surface area contributed by atoms with Crippen molar-refractivity contribution in [2.24, 2.45) is 0 Å². The molecule has 0 aliphatic rings. The largest absolute Gasteiger partial charge is 0.456 e. The number of hydrogen-bond acceptors (Lipinski definition) is 3. The first-order chi connectivity index (χ1) is 29.3. The fourth-order valence-corrected chi connectivity index (χ4v) is 9.16. The minimum absolute atomic E-state index is 0.847. The minimum atomic E-state index is 0.847. The van der Waals surface area contributed by atoms with Gasteiger partial charge in [-0.15, -0.1) is 0 Å². The average Bonchev–Trinajstić information content (AvgIpc) is 3.88. The zero-order valence-corrected chi connectivity index (χ0v) is 32.0. The SMILES string of the molecule is c1ccc(N(c2ccccc2)c2ccc(-c3ccc(-c4ccc5c(oc6ccc7oc8ccccc8c7c65)c4-c4cc5ccccc5c5ccccc45)cc3)cc2)cc1. The van der Waals surface area contributed by atoms with Crippen LogP contribution < -0.4 is 4.90 Å². The predicted octanol–water partition coefficient (Wildman–Crippen LogP) is 16.3. The number of nitrogens with zero attached hydrogens (tertiary/aromatic N) is 1. The second-order valence-electron chi connectivity index (χ2n) is 15.2. The van der Waals surface area contributed by atoms with Crippen molar-refractivity contribution in [1.82, 2.24) is 0 Å². The molecule has 2 aromatic heterocycles. The van der Waals surface area contributed by atoms with E-state index in [0.717, 1.165) is 94.3 Å². The molecule has 0 fully saturated rings. The molecule has 276 valence electrons. The minimum Gasteiger partial charge on any atom is -0.456 e. The molecule has 0 saturated carbocycles. The molecule has 0 atom stereocenters. The van der Waals surface area contributed by atoms with Crippen LogP contribution in [0.25, 0.3) is 98.8 Å². The average molecular weight is 754 g/mol. The molecule has 0 aliphatic heterocycles. The van der Waals surface area contributed by atoms with Gasteiger partial charge in [0, 0.05) is 44.2 Å². The van der Waals surface area contributed by atoms with Crippen LogP contribution in [-0.2, 0) is 0 Å². The molecule has 0 radical (unpaired) electrons. The Kier molecular flexibility index (Phi) is 7.54. The normalized spacial score (nSPS) is 11.7. The highest BCUT2D eigenvalue weighted by atomic mass is 16.3. The highest BCUT2D eigenvalue weighted by molar-refractivity contribution is 6.28. The Bertz CT molecular complexity index is 3490. The Morgan fingerprint density at radius 2 is 0.831 bits per heavy atom. The topological polar surface area (TPSA) is 29.5 Å².